The van der Waals surface area contributed by atoms with Gasteiger partial charge in [-0.3, -0.25) is 4.21 Å². The van der Waals surface area contributed by atoms with Crippen LogP contribution in [0.1, 0.15) is 18.4 Å². The summed E-state index contributed by atoms with van der Waals surface area (Å²) in [5, 5.41) is 3.23. The average Bonchev–Trinajstić information content (AvgIpc) is 2.72. The highest BCUT2D eigenvalue weighted by molar-refractivity contribution is 7.97. The number of rotatable bonds is 8. The molecule has 1 atom stereocenters. The first-order chi connectivity index (χ1) is 7.76. The number of hydrogen-bond acceptors (Lipinski definition) is 4. The molecule has 3 nitrogen and oxygen atoms in total. The van der Waals surface area contributed by atoms with Gasteiger partial charge >= 0.3 is 0 Å². The molecule has 0 aliphatic heterocycles. The van der Waals surface area contributed by atoms with Crippen LogP contribution in [0.5, 0.6) is 0 Å². The molecule has 0 saturated carbocycles. The molecular formula is C11H19NO2S2. The lowest BCUT2D eigenvalue weighted by molar-refractivity contribution is 0.463. The van der Waals surface area contributed by atoms with Gasteiger partial charge in [0.25, 0.3) is 0 Å². The van der Waals surface area contributed by atoms with Crippen molar-refractivity contribution in [3.63, 3.8) is 0 Å². The van der Waals surface area contributed by atoms with Gasteiger partial charge in [-0.25, -0.2) is 0 Å². The van der Waals surface area contributed by atoms with Crippen LogP contribution in [0.15, 0.2) is 16.5 Å². The first-order valence-electron chi connectivity index (χ1n) is 5.38. The van der Waals surface area contributed by atoms with Crippen molar-refractivity contribution in [3.8, 4) is 0 Å². The Balaban J connectivity index is 2.19. The Labute approximate surface area is 104 Å². The fourth-order valence-electron chi connectivity index (χ4n) is 1.28. The zero-order valence-electron chi connectivity index (χ0n) is 9.82. The molecule has 0 saturated heterocycles. The van der Waals surface area contributed by atoms with E-state index in [9.17, 15) is 4.21 Å². The van der Waals surface area contributed by atoms with Crippen molar-refractivity contribution in [2.45, 2.75) is 19.2 Å². The fourth-order valence-corrected chi connectivity index (χ4v) is 2.38. The average molecular weight is 261 g/mol. The van der Waals surface area contributed by atoms with Crippen LogP contribution in [0.2, 0.25) is 0 Å². The zero-order valence-corrected chi connectivity index (χ0v) is 11.5. The number of thioether (sulfide) groups is 1. The molecule has 0 fully saturated rings. The molecule has 0 bridgehead atoms. The molecule has 1 N–H and O–H groups in total. The van der Waals surface area contributed by atoms with E-state index in [0.29, 0.717) is 0 Å². The minimum absolute atomic E-state index is 0.679. The van der Waals surface area contributed by atoms with Crippen LogP contribution in [-0.4, -0.2) is 28.5 Å². The highest BCUT2D eigenvalue weighted by atomic mass is 32.2. The molecule has 1 rings (SSSR count). The van der Waals surface area contributed by atoms with Gasteiger partial charge in [-0.2, -0.15) is 11.8 Å². The molecule has 1 aromatic rings. The minimum atomic E-state index is -0.679. The highest BCUT2D eigenvalue weighted by Crippen LogP contribution is 2.12. The highest BCUT2D eigenvalue weighted by Gasteiger charge is 2.01. The number of furan rings is 1. The molecule has 16 heavy (non-hydrogen) atoms. The van der Waals surface area contributed by atoms with Gasteiger partial charge < -0.3 is 9.73 Å². The summed E-state index contributed by atoms with van der Waals surface area (Å²) in [6, 6.07) is 4.01. The summed E-state index contributed by atoms with van der Waals surface area (Å²) in [4.78, 5) is 0. The SMILES string of the molecule is CCS(=O)CCNCc1ccc(CSC)o1. The van der Waals surface area contributed by atoms with Crippen molar-refractivity contribution >= 4 is 22.6 Å². The van der Waals surface area contributed by atoms with E-state index in [1.54, 1.807) is 11.8 Å². The van der Waals surface area contributed by atoms with Crippen molar-refractivity contribution in [2.75, 3.05) is 24.3 Å². The Morgan fingerprint density at radius 2 is 2.19 bits per heavy atom. The third-order valence-corrected chi connectivity index (χ3v) is 4.01. The van der Waals surface area contributed by atoms with E-state index in [2.05, 4.69) is 11.6 Å². The molecule has 1 heterocycles. The zero-order chi connectivity index (χ0) is 11.8. The Morgan fingerprint density at radius 1 is 1.44 bits per heavy atom. The maximum atomic E-state index is 11.2. The van der Waals surface area contributed by atoms with E-state index in [4.69, 9.17) is 4.42 Å². The third kappa shape index (κ3) is 5.18. The van der Waals surface area contributed by atoms with Gasteiger partial charge in [0.1, 0.15) is 11.5 Å². The summed E-state index contributed by atoms with van der Waals surface area (Å²) < 4.78 is 16.8. The van der Waals surface area contributed by atoms with Crippen LogP contribution in [0.4, 0.5) is 0 Å². The Morgan fingerprint density at radius 3 is 2.88 bits per heavy atom. The van der Waals surface area contributed by atoms with Gasteiger partial charge in [-0.1, -0.05) is 6.92 Å². The lowest BCUT2D eigenvalue weighted by Crippen LogP contribution is -2.20. The summed E-state index contributed by atoms with van der Waals surface area (Å²) in [6.07, 6.45) is 2.06. The Kier molecular flexibility index (Phi) is 6.84. The molecule has 1 aromatic heterocycles. The standard InChI is InChI=1S/C11H19NO2S2/c1-3-16(13)7-6-12-8-10-4-5-11(14-10)9-15-2/h4-5,12H,3,6-9H2,1-2H3. The molecule has 0 amide bonds. The number of hydrogen-bond donors (Lipinski definition) is 1. The predicted molar refractivity (Wildman–Crippen MR) is 71.2 cm³/mol. The van der Waals surface area contributed by atoms with E-state index in [0.717, 1.165) is 41.9 Å². The van der Waals surface area contributed by atoms with Gasteiger partial charge in [0.15, 0.2) is 0 Å². The van der Waals surface area contributed by atoms with Crippen LogP contribution >= 0.6 is 11.8 Å². The van der Waals surface area contributed by atoms with Gasteiger partial charge in [-0.15, -0.1) is 0 Å². The van der Waals surface area contributed by atoms with E-state index in [-0.39, 0.29) is 0 Å². The van der Waals surface area contributed by atoms with Crippen LogP contribution in [-0.2, 0) is 23.1 Å². The van der Waals surface area contributed by atoms with Crippen molar-refractivity contribution in [1.82, 2.24) is 5.32 Å². The first-order valence-corrected chi connectivity index (χ1v) is 8.26. The summed E-state index contributed by atoms with van der Waals surface area (Å²) in [5.41, 5.74) is 0. The van der Waals surface area contributed by atoms with Gasteiger partial charge in [0, 0.05) is 28.9 Å². The lowest BCUT2D eigenvalue weighted by Gasteiger charge is -2.01. The molecule has 92 valence electrons. The molecule has 0 spiro atoms. The summed E-state index contributed by atoms with van der Waals surface area (Å²) in [7, 11) is -0.679. The molecule has 0 radical (unpaired) electrons. The van der Waals surface area contributed by atoms with Crippen molar-refractivity contribution in [1.29, 1.82) is 0 Å². The summed E-state index contributed by atoms with van der Waals surface area (Å²) in [5.74, 6) is 4.34. The van der Waals surface area contributed by atoms with E-state index in [1.165, 1.54) is 0 Å². The fraction of sp³-hybridized carbons (Fsp3) is 0.636. The molecular weight excluding hydrogens is 242 g/mol. The largest absolute Gasteiger partial charge is 0.464 e. The summed E-state index contributed by atoms with van der Waals surface area (Å²) in [6.45, 7) is 3.44. The molecule has 5 heteroatoms. The molecule has 0 aliphatic rings. The monoisotopic (exact) mass is 261 g/mol. The maximum Gasteiger partial charge on any atom is 0.118 e. The normalized spacial score (nSPS) is 12.9. The van der Waals surface area contributed by atoms with Crippen LogP contribution in [0.3, 0.4) is 0 Å². The minimum Gasteiger partial charge on any atom is -0.464 e. The van der Waals surface area contributed by atoms with Crippen LogP contribution in [0.25, 0.3) is 0 Å². The van der Waals surface area contributed by atoms with Crippen LogP contribution in [0, 0.1) is 0 Å². The van der Waals surface area contributed by atoms with Gasteiger partial charge in [0.05, 0.1) is 12.3 Å². The molecule has 0 aliphatic carbocycles. The van der Waals surface area contributed by atoms with Crippen LogP contribution < -0.4 is 5.32 Å². The first kappa shape index (κ1) is 13.8. The van der Waals surface area contributed by atoms with Crippen molar-refractivity contribution < 1.29 is 8.63 Å². The molecule has 0 aromatic carbocycles. The second-order valence-corrected chi connectivity index (χ2v) is 6.14. The Hall–Kier alpha value is -0.260. The molecule has 1 unspecified atom stereocenters. The second kappa shape index (κ2) is 7.92. The smallest absolute Gasteiger partial charge is 0.118 e. The topological polar surface area (TPSA) is 42.2 Å². The van der Waals surface area contributed by atoms with E-state index < -0.39 is 10.8 Å². The summed E-state index contributed by atoms with van der Waals surface area (Å²) >= 11 is 1.75. The van der Waals surface area contributed by atoms with Gasteiger partial charge in [0.2, 0.25) is 0 Å². The quantitative estimate of drug-likeness (QED) is 0.727. The number of nitrogens with one attached hydrogen (secondary N) is 1. The van der Waals surface area contributed by atoms with Crippen molar-refractivity contribution in [3.05, 3.63) is 23.7 Å². The Bertz CT molecular complexity index is 326. The van der Waals surface area contributed by atoms with E-state index in [1.807, 2.05) is 19.1 Å². The van der Waals surface area contributed by atoms with Crippen molar-refractivity contribution in [2.24, 2.45) is 0 Å². The lowest BCUT2D eigenvalue weighted by atomic mass is 10.4. The maximum absolute atomic E-state index is 11.2. The van der Waals surface area contributed by atoms with Gasteiger partial charge in [-0.05, 0) is 18.4 Å². The predicted octanol–water partition coefficient (Wildman–Crippen LogP) is 2.00. The third-order valence-electron chi connectivity index (χ3n) is 2.13. The van der Waals surface area contributed by atoms with E-state index >= 15 is 0 Å². The second-order valence-electron chi connectivity index (χ2n) is 3.41.